The lowest BCUT2D eigenvalue weighted by atomic mass is 10.5. The standard InChI is InChI=1S/C4H4N/c1-2-3-4-5/h2-3H,1H2. The van der Waals surface area contributed by atoms with Gasteiger partial charge in [-0.3, -0.25) is 0 Å². The molecular formula is C4H4N. The Bertz CT molecular complexity index is 58.5. The van der Waals surface area contributed by atoms with Crippen LogP contribution in [0.4, 0.5) is 0 Å². The molecule has 5 heavy (non-hydrogen) atoms. The van der Waals surface area contributed by atoms with Crippen LogP contribution in [0.5, 0.6) is 0 Å². The Morgan fingerprint density at radius 2 is 2.40 bits per heavy atom. The van der Waals surface area contributed by atoms with Crippen molar-refractivity contribution < 1.29 is 0 Å². The quantitative estimate of drug-likeness (QED) is 0.446. The van der Waals surface area contributed by atoms with Gasteiger partial charge in [-0.05, 0) is 0 Å². The molecular weight excluding hydrogens is 62.1 g/mol. The SMILES string of the molecule is C=C[CH]C#N. The molecule has 0 aliphatic rings. The van der Waals surface area contributed by atoms with Gasteiger partial charge < -0.3 is 0 Å². The van der Waals surface area contributed by atoms with E-state index in [4.69, 9.17) is 5.26 Å². The lowest BCUT2D eigenvalue weighted by Gasteiger charge is -1.54. The first-order valence-electron chi connectivity index (χ1n) is 1.25. The molecule has 0 rings (SSSR count). The van der Waals surface area contributed by atoms with Gasteiger partial charge >= 0.3 is 0 Å². The molecule has 25 valence electrons. The summed E-state index contributed by atoms with van der Waals surface area (Å²) in [6, 6.07) is 1.77. The molecule has 0 amide bonds. The van der Waals surface area contributed by atoms with Crippen molar-refractivity contribution in [2.45, 2.75) is 0 Å². The van der Waals surface area contributed by atoms with Crippen LogP contribution in [0.3, 0.4) is 0 Å². The Hall–Kier alpha value is -0.770. The van der Waals surface area contributed by atoms with Gasteiger partial charge in [0.2, 0.25) is 0 Å². The maximum Gasteiger partial charge on any atom is 0.0834 e. The van der Waals surface area contributed by atoms with E-state index in [1.165, 1.54) is 12.5 Å². The summed E-state index contributed by atoms with van der Waals surface area (Å²) in [4.78, 5) is 0. The number of hydrogen-bond acceptors (Lipinski definition) is 1. The molecule has 1 nitrogen and oxygen atoms in total. The molecule has 0 spiro atoms. The molecule has 0 aromatic heterocycles. The van der Waals surface area contributed by atoms with Crippen LogP contribution in [-0.2, 0) is 0 Å². The van der Waals surface area contributed by atoms with Crippen molar-refractivity contribution in [3.63, 3.8) is 0 Å². The maximum absolute atomic E-state index is 7.69. The number of allylic oxidation sites excluding steroid dienone is 1. The van der Waals surface area contributed by atoms with Crippen LogP contribution in [0.25, 0.3) is 0 Å². The third-order valence-corrected chi connectivity index (χ3v) is 0.192. The average molecular weight is 66.1 g/mol. The summed E-state index contributed by atoms with van der Waals surface area (Å²) in [6.45, 7) is 3.27. The fourth-order valence-corrected chi connectivity index (χ4v) is 0.0527. The van der Waals surface area contributed by atoms with E-state index in [0.717, 1.165) is 0 Å². The second kappa shape index (κ2) is 3.23. The number of nitrogens with zero attached hydrogens (tertiary/aromatic N) is 1. The highest BCUT2D eigenvalue weighted by Gasteiger charge is 1.58. The zero-order valence-corrected chi connectivity index (χ0v) is 2.81. The molecule has 0 bridgehead atoms. The smallest absolute Gasteiger partial charge is 0.0834 e. The summed E-state index contributed by atoms with van der Waals surface area (Å²) in [5.74, 6) is 0. The second-order valence-electron chi connectivity index (χ2n) is 0.531. The van der Waals surface area contributed by atoms with Gasteiger partial charge in [0.25, 0.3) is 0 Å². The predicted octanol–water partition coefficient (Wildman–Crippen LogP) is 0.900. The lowest BCUT2D eigenvalue weighted by molar-refractivity contribution is 1.51. The fraction of sp³-hybridized carbons (Fsp3) is 0. The van der Waals surface area contributed by atoms with Crippen molar-refractivity contribution in [2.75, 3.05) is 0 Å². The van der Waals surface area contributed by atoms with Crippen molar-refractivity contribution >= 4 is 0 Å². The van der Waals surface area contributed by atoms with Gasteiger partial charge in [0.1, 0.15) is 0 Å². The molecule has 1 radical (unpaired) electrons. The first-order chi connectivity index (χ1) is 2.41. The zero-order valence-electron chi connectivity index (χ0n) is 2.81. The van der Waals surface area contributed by atoms with Gasteiger partial charge in [-0.25, -0.2) is 0 Å². The van der Waals surface area contributed by atoms with Crippen molar-refractivity contribution in [1.82, 2.24) is 0 Å². The molecule has 0 aliphatic heterocycles. The van der Waals surface area contributed by atoms with Crippen LogP contribution in [0.1, 0.15) is 0 Å². The highest BCUT2D eigenvalue weighted by atomic mass is 14.2. The van der Waals surface area contributed by atoms with Crippen LogP contribution < -0.4 is 0 Å². The van der Waals surface area contributed by atoms with E-state index in [-0.39, 0.29) is 0 Å². The molecule has 0 aromatic rings. The fourth-order valence-electron chi connectivity index (χ4n) is 0.0527. The monoisotopic (exact) mass is 66.0 g/mol. The van der Waals surface area contributed by atoms with Crippen molar-refractivity contribution in [2.24, 2.45) is 0 Å². The van der Waals surface area contributed by atoms with Crippen LogP contribution in [-0.4, -0.2) is 0 Å². The maximum atomic E-state index is 7.69. The Morgan fingerprint density at radius 3 is 2.40 bits per heavy atom. The van der Waals surface area contributed by atoms with E-state index in [2.05, 4.69) is 6.58 Å². The number of nitriles is 1. The summed E-state index contributed by atoms with van der Waals surface area (Å²) in [5, 5.41) is 7.69. The Morgan fingerprint density at radius 1 is 1.80 bits per heavy atom. The van der Waals surface area contributed by atoms with Gasteiger partial charge in [0, 0.05) is 0 Å². The molecule has 0 saturated heterocycles. The Balaban J connectivity index is 2.75. The minimum absolute atomic E-state index is 1.32. The summed E-state index contributed by atoms with van der Waals surface area (Å²) in [5.41, 5.74) is 0. The predicted molar refractivity (Wildman–Crippen MR) is 20.1 cm³/mol. The molecule has 0 N–H and O–H groups in total. The zero-order chi connectivity index (χ0) is 4.12. The van der Waals surface area contributed by atoms with E-state index in [0.29, 0.717) is 0 Å². The van der Waals surface area contributed by atoms with E-state index in [1.807, 2.05) is 0 Å². The lowest BCUT2D eigenvalue weighted by Crippen LogP contribution is -1.47. The van der Waals surface area contributed by atoms with Gasteiger partial charge in [0.15, 0.2) is 0 Å². The number of hydrogen-bond donors (Lipinski definition) is 0. The molecule has 0 unspecified atom stereocenters. The van der Waals surface area contributed by atoms with Gasteiger partial charge in [-0.15, -0.1) is 6.58 Å². The molecule has 0 fully saturated rings. The Labute approximate surface area is 31.5 Å². The summed E-state index contributed by atoms with van der Waals surface area (Å²) < 4.78 is 0. The minimum Gasteiger partial charge on any atom is -0.198 e. The normalized spacial score (nSPS) is 5.40. The van der Waals surface area contributed by atoms with Crippen LogP contribution in [0, 0.1) is 17.8 Å². The van der Waals surface area contributed by atoms with Crippen molar-refractivity contribution in [3.8, 4) is 6.07 Å². The number of rotatable bonds is 1. The van der Waals surface area contributed by atoms with Gasteiger partial charge in [-0.1, -0.05) is 6.08 Å². The average Bonchev–Trinajstić information content (AvgIpc) is 1.41. The summed E-state index contributed by atoms with van der Waals surface area (Å²) in [6.07, 6.45) is 2.76. The molecule has 0 aromatic carbocycles. The van der Waals surface area contributed by atoms with E-state index in [1.54, 1.807) is 6.07 Å². The van der Waals surface area contributed by atoms with E-state index >= 15 is 0 Å². The molecule has 0 atom stereocenters. The van der Waals surface area contributed by atoms with Crippen LogP contribution >= 0.6 is 0 Å². The molecule has 0 saturated carbocycles. The van der Waals surface area contributed by atoms with Crippen molar-refractivity contribution in [3.05, 3.63) is 19.1 Å². The second-order valence-corrected chi connectivity index (χ2v) is 0.531. The minimum atomic E-state index is 1.32. The van der Waals surface area contributed by atoms with Crippen LogP contribution in [0.2, 0.25) is 0 Å². The Kier molecular flexibility index (Phi) is 2.73. The summed E-state index contributed by atoms with van der Waals surface area (Å²) >= 11 is 0. The third-order valence-electron chi connectivity index (χ3n) is 0.192. The highest BCUT2D eigenvalue weighted by molar-refractivity contribution is 5.04. The first kappa shape index (κ1) is 4.23. The first-order valence-corrected chi connectivity index (χ1v) is 1.25. The third kappa shape index (κ3) is 3.23. The highest BCUT2D eigenvalue weighted by Crippen LogP contribution is 1.65. The van der Waals surface area contributed by atoms with Gasteiger partial charge in [0.05, 0.1) is 12.5 Å². The van der Waals surface area contributed by atoms with Gasteiger partial charge in [-0.2, -0.15) is 5.26 Å². The molecule has 0 aliphatic carbocycles. The van der Waals surface area contributed by atoms with E-state index < -0.39 is 0 Å². The van der Waals surface area contributed by atoms with E-state index in [9.17, 15) is 0 Å². The van der Waals surface area contributed by atoms with Crippen LogP contribution in [0.15, 0.2) is 12.7 Å². The molecule has 1 heteroatoms. The van der Waals surface area contributed by atoms with Crippen molar-refractivity contribution in [1.29, 1.82) is 5.26 Å². The molecule has 0 heterocycles. The topological polar surface area (TPSA) is 23.8 Å². The summed E-state index contributed by atoms with van der Waals surface area (Å²) in [7, 11) is 0. The largest absolute Gasteiger partial charge is 0.198 e.